The van der Waals surface area contributed by atoms with Gasteiger partial charge in [-0.25, -0.2) is 0 Å². The van der Waals surface area contributed by atoms with Crippen LogP contribution in [0.5, 0.6) is 0 Å². The van der Waals surface area contributed by atoms with Crippen molar-refractivity contribution in [2.24, 2.45) is 0 Å². The van der Waals surface area contributed by atoms with E-state index >= 15 is 0 Å². The van der Waals surface area contributed by atoms with E-state index in [0.717, 1.165) is 29.3 Å². The van der Waals surface area contributed by atoms with Gasteiger partial charge in [0.1, 0.15) is 5.54 Å². The van der Waals surface area contributed by atoms with Crippen molar-refractivity contribution in [3.05, 3.63) is 34.3 Å². The van der Waals surface area contributed by atoms with Crippen molar-refractivity contribution >= 4 is 27.8 Å². The first-order valence-corrected chi connectivity index (χ1v) is 8.91. The van der Waals surface area contributed by atoms with Crippen LogP contribution in [0.4, 0.5) is 0 Å². The van der Waals surface area contributed by atoms with Gasteiger partial charge in [0.05, 0.1) is 12.5 Å². The molecule has 0 aliphatic heterocycles. The molecule has 0 aromatic heterocycles. The van der Waals surface area contributed by atoms with E-state index in [4.69, 9.17) is 4.74 Å². The minimum absolute atomic E-state index is 0.105. The molecule has 1 N–H and O–H groups in total. The molecule has 0 unspecified atom stereocenters. The number of nitriles is 1. The predicted octanol–water partition coefficient (Wildman–Crippen LogP) is 3.27. The van der Waals surface area contributed by atoms with Crippen LogP contribution in [0.2, 0.25) is 0 Å². The number of nitrogens with zero attached hydrogens (tertiary/aromatic N) is 1. The maximum atomic E-state index is 12.3. The number of esters is 1. The maximum Gasteiger partial charge on any atom is 0.311 e. The largest absolute Gasteiger partial charge is 0.452 e. The third-order valence-electron chi connectivity index (χ3n) is 4.22. The Kier molecular flexibility index (Phi) is 6.38. The second-order valence-corrected chi connectivity index (χ2v) is 7.09. The number of amides is 1. The summed E-state index contributed by atoms with van der Waals surface area (Å²) in [5, 5.41) is 12.2. The molecule has 128 valence electrons. The number of carbonyl (C=O) groups is 2. The summed E-state index contributed by atoms with van der Waals surface area (Å²) in [6.07, 6.45) is 3.41. The van der Waals surface area contributed by atoms with E-state index in [1.807, 2.05) is 24.3 Å². The maximum absolute atomic E-state index is 12.3. The molecule has 2 rings (SSSR count). The molecular formula is C18H21BrN2O3. The van der Waals surface area contributed by atoms with E-state index in [2.05, 4.69) is 27.3 Å². The number of carbonyl (C=O) groups excluding carboxylic acids is 2. The lowest BCUT2D eigenvalue weighted by molar-refractivity contribution is -0.154. The minimum atomic E-state index is -0.917. The lowest BCUT2D eigenvalue weighted by atomic mass is 9.83. The number of nitrogens with one attached hydrogen (secondary N) is 1. The van der Waals surface area contributed by atoms with Crippen LogP contribution in [0.15, 0.2) is 28.7 Å². The SMILES string of the molecule is C[C@H](OC(=O)Cc1ccc(Br)cc1)C(=O)NC1(C#N)CCCCC1. The number of halogens is 1. The summed E-state index contributed by atoms with van der Waals surface area (Å²) in [4.78, 5) is 24.2. The summed E-state index contributed by atoms with van der Waals surface area (Å²) in [5.74, 6) is -0.878. The van der Waals surface area contributed by atoms with Gasteiger partial charge in [0.25, 0.3) is 5.91 Å². The van der Waals surface area contributed by atoms with E-state index in [1.54, 1.807) is 0 Å². The molecule has 1 aliphatic rings. The zero-order valence-electron chi connectivity index (χ0n) is 13.7. The monoisotopic (exact) mass is 392 g/mol. The Labute approximate surface area is 150 Å². The summed E-state index contributed by atoms with van der Waals surface area (Å²) in [7, 11) is 0. The number of hydrogen-bond donors (Lipinski definition) is 1. The first kappa shape index (κ1) is 18.5. The van der Waals surface area contributed by atoms with E-state index < -0.39 is 23.5 Å². The fourth-order valence-corrected chi connectivity index (χ4v) is 3.08. The van der Waals surface area contributed by atoms with Crippen molar-refractivity contribution in [2.45, 2.75) is 57.1 Å². The van der Waals surface area contributed by atoms with Gasteiger partial charge in [-0.2, -0.15) is 5.26 Å². The second-order valence-electron chi connectivity index (χ2n) is 6.18. The molecule has 0 bridgehead atoms. The van der Waals surface area contributed by atoms with Crippen LogP contribution >= 0.6 is 15.9 Å². The summed E-state index contributed by atoms with van der Waals surface area (Å²) < 4.78 is 6.14. The molecule has 1 atom stereocenters. The van der Waals surface area contributed by atoms with E-state index in [0.29, 0.717) is 12.8 Å². The highest BCUT2D eigenvalue weighted by atomic mass is 79.9. The Morgan fingerprint density at radius 3 is 2.50 bits per heavy atom. The molecule has 0 radical (unpaired) electrons. The molecule has 24 heavy (non-hydrogen) atoms. The normalized spacial score (nSPS) is 17.4. The van der Waals surface area contributed by atoms with E-state index in [-0.39, 0.29) is 6.42 Å². The van der Waals surface area contributed by atoms with Crippen LogP contribution in [-0.2, 0) is 20.7 Å². The molecule has 1 aromatic rings. The third kappa shape index (κ3) is 5.07. The van der Waals surface area contributed by atoms with Gasteiger partial charge in [0.15, 0.2) is 6.10 Å². The molecule has 0 saturated heterocycles. The van der Waals surface area contributed by atoms with Gasteiger partial charge >= 0.3 is 5.97 Å². The Hall–Kier alpha value is -1.87. The van der Waals surface area contributed by atoms with Crippen LogP contribution < -0.4 is 5.32 Å². The first-order chi connectivity index (χ1) is 11.4. The molecule has 6 heteroatoms. The van der Waals surface area contributed by atoms with Gasteiger partial charge in [0.2, 0.25) is 0 Å². The zero-order chi connectivity index (χ0) is 17.6. The van der Waals surface area contributed by atoms with Crippen molar-refractivity contribution in [3.8, 4) is 6.07 Å². The van der Waals surface area contributed by atoms with Gasteiger partial charge in [-0.1, -0.05) is 47.3 Å². The number of hydrogen-bond acceptors (Lipinski definition) is 4. The lowest BCUT2D eigenvalue weighted by Crippen LogP contribution is -2.52. The number of rotatable bonds is 5. The van der Waals surface area contributed by atoms with E-state index in [9.17, 15) is 14.9 Å². The molecule has 0 heterocycles. The van der Waals surface area contributed by atoms with Crippen molar-refractivity contribution in [1.82, 2.24) is 5.32 Å². The fourth-order valence-electron chi connectivity index (χ4n) is 2.82. The minimum Gasteiger partial charge on any atom is -0.452 e. The first-order valence-electron chi connectivity index (χ1n) is 8.11. The van der Waals surface area contributed by atoms with Gasteiger partial charge < -0.3 is 10.1 Å². The van der Waals surface area contributed by atoms with Crippen molar-refractivity contribution in [2.75, 3.05) is 0 Å². The van der Waals surface area contributed by atoms with Crippen LogP contribution in [0.1, 0.15) is 44.6 Å². The van der Waals surface area contributed by atoms with Crippen molar-refractivity contribution in [1.29, 1.82) is 5.26 Å². The summed E-state index contributed by atoms with van der Waals surface area (Å²) in [5.41, 5.74) is -0.00147. The molecule has 0 spiro atoms. The van der Waals surface area contributed by atoms with Crippen LogP contribution in [-0.4, -0.2) is 23.5 Å². The summed E-state index contributed by atoms with van der Waals surface area (Å²) in [6.45, 7) is 1.53. The Bertz CT molecular complexity index is 631. The lowest BCUT2D eigenvalue weighted by Gasteiger charge is -2.32. The highest BCUT2D eigenvalue weighted by Gasteiger charge is 2.35. The summed E-state index contributed by atoms with van der Waals surface area (Å²) in [6, 6.07) is 9.56. The molecule has 1 amide bonds. The third-order valence-corrected chi connectivity index (χ3v) is 4.75. The van der Waals surface area contributed by atoms with Gasteiger partial charge in [0, 0.05) is 4.47 Å². The molecular weight excluding hydrogens is 372 g/mol. The Morgan fingerprint density at radius 2 is 1.92 bits per heavy atom. The number of ether oxygens (including phenoxy) is 1. The Morgan fingerprint density at radius 1 is 1.29 bits per heavy atom. The number of benzene rings is 1. The highest BCUT2D eigenvalue weighted by Crippen LogP contribution is 2.27. The second kappa shape index (κ2) is 8.29. The van der Waals surface area contributed by atoms with Gasteiger partial charge in [-0.15, -0.1) is 0 Å². The van der Waals surface area contributed by atoms with Crippen LogP contribution in [0.3, 0.4) is 0 Å². The summed E-state index contributed by atoms with van der Waals surface area (Å²) >= 11 is 3.33. The van der Waals surface area contributed by atoms with Gasteiger partial charge in [-0.05, 0) is 37.5 Å². The molecule has 1 saturated carbocycles. The standard InChI is InChI=1S/C18H21BrN2O3/c1-13(17(23)21-18(12-20)9-3-2-4-10-18)24-16(22)11-14-5-7-15(19)8-6-14/h5-8,13H,2-4,9-11H2,1H3,(H,21,23)/t13-/m0/s1. The zero-order valence-corrected chi connectivity index (χ0v) is 15.3. The van der Waals surface area contributed by atoms with Crippen LogP contribution in [0, 0.1) is 11.3 Å². The highest BCUT2D eigenvalue weighted by molar-refractivity contribution is 9.10. The molecule has 5 nitrogen and oxygen atoms in total. The topological polar surface area (TPSA) is 79.2 Å². The van der Waals surface area contributed by atoms with Crippen LogP contribution in [0.25, 0.3) is 0 Å². The van der Waals surface area contributed by atoms with Gasteiger partial charge in [-0.3, -0.25) is 9.59 Å². The molecule has 1 fully saturated rings. The molecule has 1 aromatic carbocycles. The fraction of sp³-hybridized carbons (Fsp3) is 0.500. The van der Waals surface area contributed by atoms with Crippen molar-refractivity contribution < 1.29 is 14.3 Å². The quantitative estimate of drug-likeness (QED) is 0.779. The van der Waals surface area contributed by atoms with Crippen molar-refractivity contribution in [3.63, 3.8) is 0 Å². The average molecular weight is 393 g/mol. The smallest absolute Gasteiger partial charge is 0.311 e. The average Bonchev–Trinajstić information content (AvgIpc) is 2.57. The van der Waals surface area contributed by atoms with E-state index in [1.165, 1.54) is 6.92 Å². The Balaban J connectivity index is 1.87. The molecule has 1 aliphatic carbocycles. The predicted molar refractivity (Wildman–Crippen MR) is 93.0 cm³/mol.